The van der Waals surface area contributed by atoms with E-state index in [1.807, 2.05) is 54.6 Å². The topological polar surface area (TPSA) is 69.9 Å². The fourth-order valence-electron chi connectivity index (χ4n) is 2.74. The van der Waals surface area contributed by atoms with Gasteiger partial charge in [0.05, 0.1) is 5.39 Å². The van der Waals surface area contributed by atoms with E-state index < -0.39 is 0 Å². The van der Waals surface area contributed by atoms with Gasteiger partial charge in [0.1, 0.15) is 23.5 Å². The number of halogens is 1. The molecule has 2 aromatic carbocycles. The summed E-state index contributed by atoms with van der Waals surface area (Å²) >= 11 is 5.70. The van der Waals surface area contributed by atoms with E-state index >= 15 is 0 Å². The third-order valence-corrected chi connectivity index (χ3v) is 4.19. The van der Waals surface area contributed by atoms with Crippen LogP contribution in [0, 0.1) is 0 Å². The van der Waals surface area contributed by atoms with E-state index in [0.29, 0.717) is 22.5 Å². The molecule has 134 valence electrons. The molecule has 0 aliphatic carbocycles. The second-order valence-corrected chi connectivity index (χ2v) is 6.17. The van der Waals surface area contributed by atoms with Crippen molar-refractivity contribution >= 4 is 28.5 Å². The number of hydrogen-bond donors (Lipinski definition) is 0. The molecule has 0 bridgehead atoms. The molecule has 0 radical (unpaired) electrons. The van der Waals surface area contributed by atoms with Crippen LogP contribution in [0.25, 0.3) is 22.3 Å². The van der Waals surface area contributed by atoms with Crippen molar-refractivity contribution in [3.05, 3.63) is 67.1 Å². The minimum atomic E-state index is -0.205. The van der Waals surface area contributed by atoms with E-state index in [-0.39, 0.29) is 18.2 Å². The van der Waals surface area contributed by atoms with Gasteiger partial charge in [-0.25, -0.2) is 9.97 Å². The number of aromatic nitrogens is 4. The number of ether oxygens (including phenoxy) is 1. The molecule has 0 aliphatic rings. The quantitative estimate of drug-likeness (QED) is 0.476. The van der Waals surface area contributed by atoms with Gasteiger partial charge >= 0.3 is 0 Å². The number of rotatable bonds is 5. The standard InChI is InChI=1S/C20H15ClN4O2/c21-11-10-18(26)25-20-17(12-22-13-23-20)19(24-25)14-6-8-16(9-7-14)27-15-4-2-1-3-5-15/h1-9,12-13H,10-11H2. The number of carbonyl (C=O) groups excluding carboxylic acids is 1. The summed E-state index contributed by atoms with van der Waals surface area (Å²) in [4.78, 5) is 20.6. The molecule has 6 nitrogen and oxygen atoms in total. The Morgan fingerprint density at radius 2 is 1.78 bits per heavy atom. The van der Waals surface area contributed by atoms with Crippen molar-refractivity contribution in [1.29, 1.82) is 0 Å². The molecule has 0 aliphatic heterocycles. The van der Waals surface area contributed by atoms with Crippen LogP contribution in [0.2, 0.25) is 0 Å². The predicted octanol–water partition coefficient (Wildman–Crippen LogP) is 4.55. The Balaban J connectivity index is 1.69. The van der Waals surface area contributed by atoms with Gasteiger partial charge in [0.15, 0.2) is 5.65 Å². The van der Waals surface area contributed by atoms with Gasteiger partial charge in [-0.2, -0.15) is 9.78 Å². The molecule has 2 aromatic heterocycles. The summed E-state index contributed by atoms with van der Waals surface area (Å²) in [7, 11) is 0. The highest BCUT2D eigenvalue weighted by molar-refractivity contribution is 6.19. The van der Waals surface area contributed by atoms with Crippen LogP contribution in [0.4, 0.5) is 0 Å². The molecule has 0 saturated carbocycles. The Morgan fingerprint density at radius 3 is 2.52 bits per heavy atom. The van der Waals surface area contributed by atoms with E-state index in [2.05, 4.69) is 15.1 Å². The monoisotopic (exact) mass is 378 g/mol. The van der Waals surface area contributed by atoms with Gasteiger partial charge in [0, 0.05) is 24.1 Å². The second kappa shape index (κ2) is 7.55. The molecule has 0 N–H and O–H groups in total. The SMILES string of the molecule is O=C(CCCl)n1nc(-c2ccc(Oc3ccccc3)cc2)c2cncnc21. The van der Waals surface area contributed by atoms with Crippen molar-refractivity contribution in [3.63, 3.8) is 0 Å². The first kappa shape index (κ1) is 17.2. The maximum atomic E-state index is 12.3. The Hall–Kier alpha value is -3.25. The predicted molar refractivity (Wildman–Crippen MR) is 103 cm³/mol. The van der Waals surface area contributed by atoms with Gasteiger partial charge in [-0.1, -0.05) is 18.2 Å². The second-order valence-electron chi connectivity index (χ2n) is 5.79. The number of fused-ring (bicyclic) bond motifs is 1. The summed E-state index contributed by atoms with van der Waals surface area (Å²) < 4.78 is 7.11. The van der Waals surface area contributed by atoms with Crippen LogP contribution < -0.4 is 4.74 Å². The summed E-state index contributed by atoms with van der Waals surface area (Å²) in [5.74, 6) is 1.50. The van der Waals surface area contributed by atoms with E-state index in [4.69, 9.17) is 16.3 Å². The number of nitrogens with zero attached hydrogens (tertiary/aromatic N) is 4. The van der Waals surface area contributed by atoms with E-state index in [9.17, 15) is 4.79 Å². The molecular weight excluding hydrogens is 364 g/mol. The zero-order valence-electron chi connectivity index (χ0n) is 14.2. The van der Waals surface area contributed by atoms with Crippen molar-refractivity contribution in [2.45, 2.75) is 6.42 Å². The van der Waals surface area contributed by atoms with Crippen molar-refractivity contribution in [1.82, 2.24) is 19.7 Å². The van der Waals surface area contributed by atoms with Crippen LogP contribution in [0.1, 0.15) is 11.2 Å². The molecule has 2 heterocycles. The summed E-state index contributed by atoms with van der Waals surface area (Å²) in [6.45, 7) is 0. The fraction of sp³-hybridized carbons (Fsp3) is 0.100. The fourth-order valence-corrected chi connectivity index (χ4v) is 2.90. The summed E-state index contributed by atoms with van der Waals surface area (Å²) in [6, 6.07) is 17.1. The molecule has 4 aromatic rings. The molecule has 0 unspecified atom stereocenters. The molecule has 0 spiro atoms. The largest absolute Gasteiger partial charge is 0.457 e. The molecular formula is C20H15ClN4O2. The highest BCUT2D eigenvalue weighted by Gasteiger charge is 2.17. The number of para-hydroxylation sites is 1. The summed E-state index contributed by atoms with van der Waals surface area (Å²) in [5, 5.41) is 5.16. The highest BCUT2D eigenvalue weighted by atomic mass is 35.5. The smallest absolute Gasteiger partial charge is 0.250 e. The molecule has 4 rings (SSSR count). The third kappa shape index (κ3) is 3.52. The van der Waals surface area contributed by atoms with Crippen LogP contribution in [0.5, 0.6) is 11.5 Å². The van der Waals surface area contributed by atoms with Crippen LogP contribution in [-0.2, 0) is 0 Å². The van der Waals surface area contributed by atoms with Gasteiger partial charge in [-0.05, 0) is 36.4 Å². The van der Waals surface area contributed by atoms with Crippen LogP contribution in [0.3, 0.4) is 0 Å². The molecule has 27 heavy (non-hydrogen) atoms. The number of benzene rings is 2. The number of alkyl halides is 1. The molecule has 0 atom stereocenters. The molecule has 0 saturated heterocycles. The van der Waals surface area contributed by atoms with Crippen molar-refractivity contribution in [2.75, 3.05) is 5.88 Å². The molecule has 7 heteroatoms. The van der Waals surface area contributed by atoms with Gasteiger partial charge < -0.3 is 4.74 Å². The summed E-state index contributed by atoms with van der Waals surface area (Å²) in [5.41, 5.74) is 1.95. The maximum Gasteiger partial charge on any atom is 0.250 e. The van der Waals surface area contributed by atoms with E-state index in [1.165, 1.54) is 11.0 Å². The Kier molecular flexibility index (Phi) is 4.80. The third-order valence-electron chi connectivity index (χ3n) is 4.00. The van der Waals surface area contributed by atoms with Crippen molar-refractivity contribution < 1.29 is 9.53 Å². The number of carbonyl (C=O) groups is 1. The zero-order valence-corrected chi connectivity index (χ0v) is 15.0. The van der Waals surface area contributed by atoms with E-state index in [0.717, 1.165) is 11.3 Å². The van der Waals surface area contributed by atoms with E-state index in [1.54, 1.807) is 6.20 Å². The average Bonchev–Trinajstić information content (AvgIpc) is 3.09. The zero-order chi connectivity index (χ0) is 18.6. The first-order chi connectivity index (χ1) is 13.3. The van der Waals surface area contributed by atoms with Crippen LogP contribution >= 0.6 is 11.6 Å². The van der Waals surface area contributed by atoms with Gasteiger partial charge in [0.2, 0.25) is 5.91 Å². The number of hydrogen-bond acceptors (Lipinski definition) is 5. The van der Waals surface area contributed by atoms with Crippen molar-refractivity contribution in [3.8, 4) is 22.8 Å². The first-order valence-electron chi connectivity index (χ1n) is 8.37. The normalized spacial score (nSPS) is 10.9. The average molecular weight is 379 g/mol. The van der Waals surface area contributed by atoms with Crippen molar-refractivity contribution in [2.24, 2.45) is 0 Å². The minimum absolute atomic E-state index is 0.186. The maximum absolute atomic E-state index is 12.3. The lowest BCUT2D eigenvalue weighted by atomic mass is 10.1. The Bertz CT molecular complexity index is 1080. The minimum Gasteiger partial charge on any atom is -0.457 e. The van der Waals surface area contributed by atoms with Crippen LogP contribution in [-0.4, -0.2) is 31.5 Å². The first-order valence-corrected chi connectivity index (χ1v) is 8.91. The lowest BCUT2D eigenvalue weighted by Crippen LogP contribution is -2.13. The summed E-state index contributed by atoms with van der Waals surface area (Å²) in [6.07, 6.45) is 3.24. The Labute approximate surface area is 160 Å². The highest BCUT2D eigenvalue weighted by Crippen LogP contribution is 2.29. The molecule has 0 fully saturated rings. The van der Waals surface area contributed by atoms with Gasteiger partial charge in [0.25, 0.3) is 0 Å². The van der Waals surface area contributed by atoms with Crippen LogP contribution in [0.15, 0.2) is 67.1 Å². The lowest BCUT2D eigenvalue weighted by molar-refractivity contribution is 0.0899. The lowest BCUT2D eigenvalue weighted by Gasteiger charge is -2.06. The van der Waals surface area contributed by atoms with Gasteiger partial charge in [-0.3, -0.25) is 4.79 Å². The Morgan fingerprint density at radius 1 is 1.04 bits per heavy atom. The molecule has 0 amide bonds. The van der Waals surface area contributed by atoms with Gasteiger partial charge in [-0.15, -0.1) is 11.6 Å².